The highest BCUT2D eigenvalue weighted by molar-refractivity contribution is 9.10. The number of hydrogen-bond acceptors (Lipinski definition) is 7. The van der Waals surface area contributed by atoms with Crippen LogP contribution < -0.4 is 10.2 Å². The number of carbonyl (C=O) groups is 1. The normalized spacial score (nSPS) is 11.0. The van der Waals surface area contributed by atoms with Crippen LogP contribution in [0.25, 0.3) is 17.1 Å². The first-order valence-electron chi connectivity index (χ1n) is 10.7. The first-order valence-corrected chi connectivity index (χ1v) is 12.5. The standard InChI is InChI=1S/C25H22BrN5O3S/c1-2-34-22-14-17(8-13-21(22)32)15-27-28-23(33)16-35-25-30-29-24(18-9-11-19(26)12-10-18)31(25)20-6-4-3-5-7-20/h3-15,32H,2,16H2,1H3,(H,28,33)/b27-15+. The summed E-state index contributed by atoms with van der Waals surface area (Å²) in [6, 6.07) is 22.4. The summed E-state index contributed by atoms with van der Waals surface area (Å²) in [6.45, 7) is 2.26. The molecule has 0 atom stereocenters. The second kappa shape index (κ2) is 11.7. The van der Waals surface area contributed by atoms with E-state index in [1.54, 1.807) is 12.1 Å². The van der Waals surface area contributed by atoms with Gasteiger partial charge in [0.25, 0.3) is 5.91 Å². The first kappa shape index (κ1) is 24.5. The summed E-state index contributed by atoms with van der Waals surface area (Å²) in [6.07, 6.45) is 1.49. The molecular formula is C25H22BrN5O3S. The summed E-state index contributed by atoms with van der Waals surface area (Å²) in [4.78, 5) is 12.4. The van der Waals surface area contributed by atoms with Gasteiger partial charge in [0.15, 0.2) is 22.5 Å². The van der Waals surface area contributed by atoms with Crippen molar-refractivity contribution in [3.8, 4) is 28.6 Å². The second-order valence-corrected chi connectivity index (χ2v) is 9.08. The molecule has 10 heteroatoms. The molecule has 4 aromatic rings. The molecule has 0 fully saturated rings. The van der Waals surface area contributed by atoms with Crippen LogP contribution in [0.5, 0.6) is 11.5 Å². The Morgan fingerprint density at radius 2 is 1.91 bits per heavy atom. The largest absolute Gasteiger partial charge is 0.504 e. The number of rotatable bonds is 9. The van der Waals surface area contributed by atoms with Crippen LogP contribution in [-0.4, -0.2) is 44.4 Å². The quantitative estimate of drug-likeness (QED) is 0.171. The summed E-state index contributed by atoms with van der Waals surface area (Å²) < 4.78 is 8.26. The number of carbonyl (C=O) groups excluding carboxylic acids is 1. The lowest BCUT2D eigenvalue weighted by atomic mass is 10.2. The second-order valence-electron chi connectivity index (χ2n) is 7.23. The third-order valence-electron chi connectivity index (χ3n) is 4.77. The van der Waals surface area contributed by atoms with Gasteiger partial charge >= 0.3 is 0 Å². The Kier molecular flexibility index (Phi) is 8.17. The van der Waals surface area contributed by atoms with Gasteiger partial charge in [-0.15, -0.1) is 10.2 Å². The number of nitrogens with one attached hydrogen (secondary N) is 1. The fourth-order valence-corrected chi connectivity index (χ4v) is 4.19. The van der Waals surface area contributed by atoms with Crippen molar-refractivity contribution in [2.45, 2.75) is 12.1 Å². The lowest BCUT2D eigenvalue weighted by Crippen LogP contribution is -2.20. The van der Waals surface area contributed by atoms with E-state index in [1.165, 1.54) is 24.0 Å². The zero-order valence-electron chi connectivity index (χ0n) is 18.8. The number of para-hydroxylation sites is 1. The highest BCUT2D eigenvalue weighted by atomic mass is 79.9. The van der Waals surface area contributed by atoms with Crippen LogP contribution in [0, 0.1) is 0 Å². The van der Waals surface area contributed by atoms with Crippen molar-refractivity contribution in [1.29, 1.82) is 0 Å². The van der Waals surface area contributed by atoms with E-state index >= 15 is 0 Å². The van der Waals surface area contributed by atoms with Crippen LogP contribution >= 0.6 is 27.7 Å². The van der Waals surface area contributed by atoms with Gasteiger partial charge < -0.3 is 9.84 Å². The minimum absolute atomic E-state index is 0.0504. The fourth-order valence-electron chi connectivity index (χ4n) is 3.18. The number of aromatic nitrogens is 3. The van der Waals surface area contributed by atoms with Crippen LogP contribution in [0.3, 0.4) is 0 Å². The average molecular weight is 552 g/mol. The predicted molar refractivity (Wildman–Crippen MR) is 140 cm³/mol. The van der Waals surface area contributed by atoms with Crippen molar-refractivity contribution in [1.82, 2.24) is 20.2 Å². The van der Waals surface area contributed by atoms with Gasteiger partial charge in [0.05, 0.1) is 18.6 Å². The highest BCUT2D eigenvalue weighted by Crippen LogP contribution is 2.29. The van der Waals surface area contributed by atoms with Gasteiger partial charge in [-0.1, -0.05) is 58.0 Å². The van der Waals surface area contributed by atoms with Gasteiger partial charge in [-0.2, -0.15) is 5.10 Å². The van der Waals surface area contributed by atoms with E-state index in [2.05, 4.69) is 36.7 Å². The van der Waals surface area contributed by atoms with E-state index < -0.39 is 0 Å². The number of amides is 1. The van der Waals surface area contributed by atoms with Gasteiger partial charge in [0.2, 0.25) is 0 Å². The van der Waals surface area contributed by atoms with Crippen molar-refractivity contribution in [3.05, 3.63) is 82.8 Å². The maximum absolute atomic E-state index is 12.4. The van der Waals surface area contributed by atoms with Gasteiger partial charge in [-0.25, -0.2) is 5.43 Å². The number of halogens is 1. The molecular weight excluding hydrogens is 530 g/mol. The van der Waals surface area contributed by atoms with Crippen molar-refractivity contribution >= 4 is 39.8 Å². The minimum atomic E-state index is -0.289. The van der Waals surface area contributed by atoms with Crippen LogP contribution in [0.2, 0.25) is 0 Å². The lowest BCUT2D eigenvalue weighted by molar-refractivity contribution is -0.118. The van der Waals surface area contributed by atoms with Crippen molar-refractivity contribution < 1.29 is 14.6 Å². The molecule has 0 bridgehead atoms. The SMILES string of the molecule is CCOc1cc(/C=N/NC(=O)CSc2nnc(-c3ccc(Br)cc3)n2-c2ccccc2)ccc1O. The summed E-state index contributed by atoms with van der Waals surface area (Å²) in [5.74, 6) is 0.905. The third kappa shape index (κ3) is 6.28. The Morgan fingerprint density at radius 3 is 2.66 bits per heavy atom. The van der Waals surface area contributed by atoms with Crippen molar-refractivity contribution in [3.63, 3.8) is 0 Å². The van der Waals surface area contributed by atoms with E-state index in [0.29, 0.717) is 28.9 Å². The fraction of sp³-hybridized carbons (Fsp3) is 0.120. The Bertz CT molecular complexity index is 1330. The number of aromatic hydroxyl groups is 1. The number of ether oxygens (including phenoxy) is 1. The Balaban J connectivity index is 1.46. The van der Waals surface area contributed by atoms with Gasteiger partial charge in [0.1, 0.15) is 0 Å². The topological polar surface area (TPSA) is 102 Å². The summed E-state index contributed by atoms with van der Waals surface area (Å²) >= 11 is 4.72. The molecule has 0 unspecified atom stereocenters. The molecule has 8 nitrogen and oxygen atoms in total. The lowest BCUT2D eigenvalue weighted by Gasteiger charge is -2.10. The van der Waals surface area contributed by atoms with Gasteiger partial charge in [-0.3, -0.25) is 9.36 Å². The van der Waals surface area contributed by atoms with Crippen LogP contribution in [-0.2, 0) is 4.79 Å². The molecule has 0 aliphatic rings. The average Bonchev–Trinajstić information content (AvgIpc) is 3.30. The minimum Gasteiger partial charge on any atom is -0.504 e. The molecule has 0 spiro atoms. The zero-order valence-corrected chi connectivity index (χ0v) is 21.2. The molecule has 35 heavy (non-hydrogen) atoms. The number of phenols is 1. The molecule has 178 valence electrons. The number of hydrogen-bond donors (Lipinski definition) is 2. The smallest absolute Gasteiger partial charge is 0.250 e. The summed E-state index contributed by atoms with van der Waals surface area (Å²) in [5, 5.41) is 23.1. The number of phenolic OH excluding ortho intramolecular Hbond substituents is 1. The summed E-state index contributed by atoms with van der Waals surface area (Å²) in [7, 11) is 0. The molecule has 0 radical (unpaired) electrons. The number of hydrazone groups is 1. The van der Waals surface area contributed by atoms with Crippen molar-refractivity contribution in [2.24, 2.45) is 5.10 Å². The number of thioether (sulfide) groups is 1. The van der Waals surface area contributed by atoms with Crippen LogP contribution in [0.1, 0.15) is 12.5 Å². The van der Waals surface area contributed by atoms with Gasteiger partial charge in [0, 0.05) is 15.7 Å². The van der Waals surface area contributed by atoms with E-state index in [4.69, 9.17) is 4.74 Å². The molecule has 0 saturated carbocycles. The van der Waals surface area contributed by atoms with Crippen molar-refractivity contribution in [2.75, 3.05) is 12.4 Å². The van der Waals surface area contributed by atoms with Crippen LogP contribution in [0.15, 0.2) is 87.5 Å². The molecule has 1 aromatic heterocycles. The van der Waals surface area contributed by atoms with Crippen LogP contribution in [0.4, 0.5) is 0 Å². The molecule has 1 heterocycles. The maximum Gasteiger partial charge on any atom is 0.250 e. The summed E-state index contributed by atoms with van der Waals surface area (Å²) in [5.41, 5.74) is 5.00. The molecule has 4 rings (SSSR count). The predicted octanol–water partition coefficient (Wildman–Crippen LogP) is 5.04. The third-order valence-corrected chi connectivity index (χ3v) is 6.23. The Hall–Kier alpha value is -3.63. The maximum atomic E-state index is 12.4. The number of nitrogens with zero attached hydrogens (tertiary/aromatic N) is 4. The van der Waals surface area contributed by atoms with E-state index in [0.717, 1.165) is 15.7 Å². The number of benzene rings is 3. The van der Waals surface area contributed by atoms with E-state index in [1.807, 2.05) is 66.1 Å². The molecule has 1 amide bonds. The van der Waals surface area contributed by atoms with Gasteiger partial charge in [-0.05, 0) is 55.0 Å². The van der Waals surface area contributed by atoms with E-state index in [-0.39, 0.29) is 17.4 Å². The molecule has 0 aliphatic carbocycles. The molecule has 2 N–H and O–H groups in total. The highest BCUT2D eigenvalue weighted by Gasteiger charge is 2.17. The first-order chi connectivity index (χ1) is 17.0. The zero-order chi connectivity index (χ0) is 24.6. The molecule has 0 saturated heterocycles. The Morgan fingerprint density at radius 1 is 1.14 bits per heavy atom. The monoisotopic (exact) mass is 551 g/mol. The Labute approximate surface area is 215 Å². The molecule has 3 aromatic carbocycles. The molecule has 0 aliphatic heterocycles. The van der Waals surface area contributed by atoms with E-state index in [9.17, 15) is 9.90 Å².